The van der Waals surface area contributed by atoms with E-state index >= 15 is 0 Å². The third kappa shape index (κ3) is 2.90. The van der Waals surface area contributed by atoms with E-state index in [1.165, 1.54) is 12.0 Å². The standard InChI is InChI=1S/C17H25NO2/c1-15(16-5-3-2-4-6-16)7-9-18-10-12-20-14-17(18)8-11-19-13-17/h2-6,15H,7-14H2,1H3/t15-,17-/m1/s1. The van der Waals surface area contributed by atoms with Gasteiger partial charge < -0.3 is 9.47 Å². The van der Waals surface area contributed by atoms with Crippen LogP contribution in [0.2, 0.25) is 0 Å². The molecule has 3 nitrogen and oxygen atoms in total. The number of rotatable bonds is 4. The van der Waals surface area contributed by atoms with Crippen molar-refractivity contribution in [2.75, 3.05) is 39.5 Å². The molecule has 0 saturated carbocycles. The highest BCUT2D eigenvalue weighted by Crippen LogP contribution is 2.30. The van der Waals surface area contributed by atoms with Crippen molar-refractivity contribution < 1.29 is 9.47 Å². The fraction of sp³-hybridized carbons (Fsp3) is 0.647. The third-order valence-corrected chi connectivity index (χ3v) is 4.83. The molecule has 0 aliphatic carbocycles. The second kappa shape index (κ2) is 6.25. The van der Waals surface area contributed by atoms with E-state index in [0.717, 1.165) is 45.9 Å². The van der Waals surface area contributed by atoms with Gasteiger partial charge in [-0.25, -0.2) is 0 Å². The Morgan fingerprint density at radius 1 is 1.15 bits per heavy atom. The molecule has 0 aromatic heterocycles. The molecule has 0 amide bonds. The molecular weight excluding hydrogens is 250 g/mol. The van der Waals surface area contributed by atoms with Gasteiger partial charge in [-0.2, -0.15) is 0 Å². The highest BCUT2D eigenvalue weighted by atomic mass is 16.5. The zero-order valence-corrected chi connectivity index (χ0v) is 12.4. The molecule has 1 spiro atoms. The predicted molar refractivity (Wildman–Crippen MR) is 80.0 cm³/mol. The lowest BCUT2D eigenvalue weighted by molar-refractivity contribution is -0.0713. The first-order valence-corrected chi connectivity index (χ1v) is 7.76. The van der Waals surface area contributed by atoms with Gasteiger partial charge in [0, 0.05) is 13.2 Å². The summed E-state index contributed by atoms with van der Waals surface area (Å²) in [6.45, 7) is 7.94. The molecule has 0 radical (unpaired) electrons. The van der Waals surface area contributed by atoms with Crippen molar-refractivity contribution in [3.63, 3.8) is 0 Å². The Balaban J connectivity index is 1.59. The molecule has 20 heavy (non-hydrogen) atoms. The molecular formula is C17H25NO2. The highest BCUT2D eigenvalue weighted by Gasteiger charge is 2.42. The summed E-state index contributed by atoms with van der Waals surface area (Å²) in [6.07, 6.45) is 2.32. The summed E-state index contributed by atoms with van der Waals surface area (Å²) in [5, 5.41) is 0. The van der Waals surface area contributed by atoms with E-state index in [2.05, 4.69) is 42.2 Å². The topological polar surface area (TPSA) is 21.7 Å². The molecule has 2 atom stereocenters. The maximum atomic E-state index is 5.71. The Hall–Kier alpha value is -0.900. The van der Waals surface area contributed by atoms with E-state index in [9.17, 15) is 0 Å². The average molecular weight is 275 g/mol. The lowest BCUT2D eigenvalue weighted by Crippen LogP contribution is -2.57. The quantitative estimate of drug-likeness (QED) is 0.843. The van der Waals surface area contributed by atoms with Gasteiger partial charge in [0.25, 0.3) is 0 Å². The van der Waals surface area contributed by atoms with Gasteiger partial charge in [-0.15, -0.1) is 0 Å². The molecule has 0 unspecified atom stereocenters. The van der Waals surface area contributed by atoms with Crippen LogP contribution in [0.25, 0.3) is 0 Å². The van der Waals surface area contributed by atoms with Crippen LogP contribution in [0, 0.1) is 0 Å². The van der Waals surface area contributed by atoms with Crippen molar-refractivity contribution in [3.05, 3.63) is 35.9 Å². The smallest absolute Gasteiger partial charge is 0.0701 e. The monoisotopic (exact) mass is 275 g/mol. The molecule has 3 rings (SSSR count). The van der Waals surface area contributed by atoms with Crippen molar-refractivity contribution in [3.8, 4) is 0 Å². The molecule has 3 heteroatoms. The van der Waals surface area contributed by atoms with Crippen molar-refractivity contribution in [1.82, 2.24) is 4.90 Å². The SMILES string of the molecule is C[C@H](CCN1CCOC[C@]12CCOC2)c1ccccc1. The summed E-state index contributed by atoms with van der Waals surface area (Å²) in [5.41, 5.74) is 1.60. The van der Waals surface area contributed by atoms with Crippen LogP contribution in [0.4, 0.5) is 0 Å². The first-order valence-electron chi connectivity index (χ1n) is 7.76. The van der Waals surface area contributed by atoms with Crippen molar-refractivity contribution in [2.45, 2.75) is 31.2 Å². The molecule has 110 valence electrons. The number of ether oxygens (including phenoxy) is 2. The summed E-state index contributed by atoms with van der Waals surface area (Å²) < 4.78 is 11.3. The summed E-state index contributed by atoms with van der Waals surface area (Å²) in [5.74, 6) is 0.610. The Bertz CT molecular complexity index is 414. The molecule has 2 saturated heterocycles. The van der Waals surface area contributed by atoms with Gasteiger partial charge in [-0.3, -0.25) is 4.90 Å². The van der Waals surface area contributed by atoms with Crippen LogP contribution in [0.3, 0.4) is 0 Å². The Morgan fingerprint density at radius 3 is 2.65 bits per heavy atom. The molecule has 0 bridgehead atoms. The van der Waals surface area contributed by atoms with E-state index in [4.69, 9.17) is 9.47 Å². The van der Waals surface area contributed by atoms with Crippen LogP contribution in [0.5, 0.6) is 0 Å². The lowest BCUT2D eigenvalue weighted by Gasteiger charge is -2.44. The number of hydrogen-bond donors (Lipinski definition) is 0. The van der Waals surface area contributed by atoms with Crippen LogP contribution in [-0.4, -0.2) is 50.0 Å². The summed E-state index contributed by atoms with van der Waals surface area (Å²) >= 11 is 0. The Labute approximate surface area is 121 Å². The zero-order valence-electron chi connectivity index (χ0n) is 12.4. The first kappa shape index (κ1) is 14.1. The fourth-order valence-electron chi connectivity index (χ4n) is 3.37. The van der Waals surface area contributed by atoms with Gasteiger partial charge in [0.05, 0.1) is 25.4 Å². The number of morpholine rings is 1. The van der Waals surface area contributed by atoms with Gasteiger partial charge in [-0.1, -0.05) is 37.3 Å². The molecule has 0 N–H and O–H groups in total. The summed E-state index contributed by atoms with van der Waals surface area (Å²) in [6, 6.07) is 10.8. The summed E-state index contributed by atoms with van der Waals surface area (Å²) in [4.78, 5) is 2.61. The van der Waals surface area contributed by atoms with Crippen LogP contribution < -0.4 is 0 Å². The third-order valence-electron chi connectivity index (χ3n) is 4.83. The van der Waals surface area contributed by atoms with E-state index in [1.54, 1.807) is 0 Å². The van der Waals surface area contributed by atoms with Gasteiger partial charge in [-0.05, 0) is 30.9 Å². The maximum Gasteiger partial charge on any atom is 0.0701 e. The molecule has 2 heterocycles. The van der Waals surface area contributed by atoms with Gasteiger partial charge >= 0.3 is 0 Å². The van der Waals surface area contributed by atoms with Crippen molar-refractivity contribution in [2.24, 2.45) is 0 Å². The summed E-state index contributed by atoms with van der Waals surface area (Å²) in [7, 11) is 0. The molecule has 2 aliphatic rings. The van der Waals surface area contributed by atoms with E-state index in [1.807, 2.05) is 0 Å². The number of benzene rings is 1. The minimum atomic E-state index is 0.161. The normalized spacial score (nSPS) is 28.9. The predicted octanol–water partition coefficient (Wildman–Crippen LogP) is 2.67. The van der Waals surface area contributed by atoms with Gasteiger partial charge in [0.15, 0.2) is 0 Å². The zero-order chi connectivity index (χ0) is 13.8. The van der Waals surface area contributed by atoms with Crippen LogP contribution in [0.1, 0.15) is 31.2 Å². The molecule has 2 aliphatic heterocycles. The first-order chi connectivity index (χ1) is 9.80. The van der Waals surface area contributed by atoms with Crippen molar-refractivity contribution in [1.29, 1.82) is 0 Å². The van der Waals surface area contributed by atoms with Crippen LogP contribution in [-0.2, 0) is 9.47 Å². The van der Waals surface area contributed by atoms with Crippen molar-refractivity contribution >= 4 is 0 Å². The van der Waals surface area contributed by atoms with Crippen LogP contribution >= 0.6 is 0 Å². The van der Waals surface area contributed by atoms with Gasteiger partial charge in [0.2, 0.25) is 0 Å². The second-order valence-electron chi connectivity index (χ2n) is 6.17. The minimum absolute atomic E-state index is 0.161. The highest BCUT2D eigenvalue weighted by molar-refractivity contribution is 5.18. The number of nitrogens with zero attached hydrogens (tertiary/aromatic N) is 1. The fourth-order valence-corrected chi connectivity index (χ4v) is 3.37. The average Bonchev–Trinajstić information content (AvgIpc) is 2.96. The molecule has 1 aromatic carbocycles. The lowest BCUT2D eigenvalue weighted by atomic mass is 9.93. The maximum absolute atomic E-state index is 5.71. The molecule has 1 aromatic rings. The van der Waals surface area contributed by atoms with Crippen LogP contribution in [0.15, 0.2) is 30.3 Å². The number of hydrogen-bond acceptors (Lipinski definition) is 3. The van der Waals surface area contributed by atoms with E-state index in [0.29, 0.717) is 5.92 Å². The van der Waals surface area contributed by atoms with E-state index in [-0.39, 0.29) is 5.54 Å². The van der Waals surface area contributed by atoms with E-state index < -0.39 is 0 Å². The second-order valence-corrected chi connectivity index (χ2v) is 6.17. The Kier molecular flexibility index (Phi) is 4.39. The van der Waals surface area contributed by atoms with Gasteiger partial charge in [0.1, 0.15) is 0 Å². The molecule has 2 fully saturated rings. The minimum Gasteiger partial charge on any atom is -0.379 e. The largest absolute Gasteiger partial charge is 0.379 e. The Morgan fingerprint density at radius 2 is 1.90 bits per heavy atom.